The lowest BCUT2D eigenvalue weighted by Gasteiger charge is -2.16. The highest BCUT2D eigenvalue weighted by atomic mass is 35.5. The summed E-state index contributed by atoms with van der Waals surface area (Å²) in [6, 6.07) is 4.27. The highest BCUT2D eigenvalue weighted by molar-refractivity contribution is 7.91. The van der Waals surface area contributed by atoms with E-state index in [1.807, 2.05) is 0 Å². The summed E-state index contributed by atoms with van der Waals surface area (Å²) in [5.41, 5.74) is 0.737. The van der Waals surface area contributed by atoms with E-state index in [0.29, 0.717) is 5.02 Å². The standard InChI is InChI=1S/C12H13ClN2O4S2/c1-14-6-8(13)5-9(14)7-15(2)21(18,19)11-4-3-10(20-11)12(16)17/h3-6H,7H2,1-2H3,(H,16,17). The Bertz CT molecular complexity index is 779. The molecular formula is C12H13ClN2O4S2. The Morgan fingerprint density at radius 2 is 2.14 bits per heavy atom. The van der Waals surface area contributed by atoms with E-state index in [-0.39, 0.29) is 15.6 Å². The smallest absolute Gasteiger partial charge is 0.345 e. The number of rotatable bonds is 5. The zero-order valence-electron chi connectivity index (χ0n) is 11.3. The SMILES string of the molecule is CN(Cc1cc(Cl)cn1C)S(=O)(=O)c1ccc(C(=O)O)s1. The molecule has 0 fully saturated rings. The number of aromatic carboxylic acids is 1. The maximum atomic E-state index is 12.4. The Balaban J connectivity index is 2.25. The monoisotopic (exact) mass is 348 g/mol. The number of aromatic nitrogens is 1. The number of sulfonamides is 1. The van der Waals surface area contributed by atoms with Crippen LogP contribution in [0.4, 0.5) is 0 Å². The van der Waals surface area contributed by atoms with Crippen LogP contribution in [0.3, 0.4) is 0 Å². The van der Waals surface area contributed by atoms with Crippen molar-refractivity contribution < 1.29 is 18.3 Å². The van der Waals surface area contributed by atoms with E-state index in [4.69, 9.17) is 16.7 Å². The molecular weight excluding hydrogens is 336 g/mol. The minimum atomic E-state index is -3.73. The van der Waals surface area contributed by atoms with E-state index >= 15 is 0 Å². The number of halogens is 1. The predicted octanol–water partition coefficient (Wildman–Crippen LogP) is 2.26. The van der Waals surface area contributed by atoms with Crippen LogP contribution < -0.4 is 0 Å². The van der Waals surface area contributed by atoms with Gasteiger partial charge < -0.3 is 9.67 Å². The first-order valence-electron chi connectivity index (χ1n) is 5.82. The zero-order valence-corrected chi connectivity index (χ0v) is 13.7. The molecule has 2 rings (SSSR count). The summed E-state index contributed by atoms with van der Waals surface area (Å²) in [5, 5.41) is 9.39. The minimum Gasteiger partial charge on any atom is -0.477 e. The number of carboxylic acid groups (broad SMARTS) is 1. The zero-order chi connectivity index (χ0) is 15.8. The minimum absolute atomic E-state index is 0.00251. The van der Waals surface area contributed by atoms with Crippen molar-refractivity contribution in [3.63, 3.8) is 0 Å². The van der Waals surface area contributed by atoms with Crippen molar-refractivity contribution in [1.29, 1.82) is 0 Å². The van der Waals surface area contributed by atoms with Crippen LogP contribution in [0.2, 0.25) is 5.02 Å². The summed E-state index contributed by atoms with van der Waals surface area (Å²) in [6.45, 7) is 0.145. The first-order chi connectivity index (χ1) is 9.71. The molecule has 21 heavy (non-hydrogen) atoms. The molecule has 0 saturated heterocycles. The van der Waals surface area contributed by atoms with Crippen LogP contribution in [0.15, 0.2) is 28.6 Å². The van der Waals surface area contributed by atoms with Crippen LogP contribution >= 0.6 is 22.9 Å². The predicted molar refractivity (Wildman–Crippen MR) is 80.4 cm³/mol. The Labute approximate surface area is 131 Å². The number of hydrogen-bond acceptors (Lipinski definition) is 4. The molecule has 0 unspecified atom stereocenters. The molecule has 0 aromatic carbocycles. The lowest BCUT2D eigenvalue weighted by molar-refractivity contribution is 0.0702. The molecule has 2 aromatic heterocycles. The lowest BCUT2D eigenvalue weighted by Crippen LogP contribution is -2.26. The second-order valence-corrected chi connectivity index (χ2v) is 8.24. The van der Waals surface area contributed by atoms with E-state index in [1.54, 1.807) is 23.9 Å². The van der Waals surface area contributed by atoms with Crippen LogP contribution in [0, 0.1) is 0 Å². The van der Waals surface area contributed by atoms with Crippen LogP contribution in [0.1, 0.15) is 15.4 Å². The van der Waals surface area contributed by atoms with E-state index in [9.17, 15) is 13.2 Å². The average molecular weight is 349 g/mol. The molecule has 0 aliphatic heterocycles. The van der Waals surface area contributed by atoms with Gasteiger partial charge in [-0.2, -0.15) is 4.31 Å². The Morgan fingerprint density at radius 1 is 1.48 bits per heavy atom. The van der Waals surface area contributed by atoms with Gasteiger partial charge in [-0.25, -0.2) is 13.2 Å². The fraction of sp³-hybridized carbons (Fsp3) is 0.250. The number of nitrogens with zero attached hydrogens (tertiary/aromatic N) is 2. The Kier molecular flexibility index (Phi) is 4.43. The first kappa shape index (κ1) is 16.0. The highest BCUT2D eigenvalue weighted by Gasteiger charge is 2.24. The summed E-state index contributed by atoms with van der Waals surface area (Å²) in [6.07, 6.45) is 1.69. The van der Waals surface area contributed by atoms with E-state index in [0.717, 1.165) is 21.3 Å². The van der Waals surface area contributed by atoms with Crippen molar-refractivity contribution in [1.82, 2.24) is 8.87 Å². The third kappa shape index (κ3) is 3.29. The molecule has 114 valence electrons. The van der Waals surface area contributed by atoms with Crippen LogP contribution in [0.25, 0.3) is 0 Å². The number of thiophene rings is 1. The molecule has 0 bridgehead atoms. The van der Waals surface area contributed by atoms with Crippen LogP contribution in [0.5, 0.6) is 0 Å². The largest absolute Gasteiger partial charge is 0.477 e. The van der Waals surface area contributed by atoms with Gasteiger partial charge in [-0.1, -0.05) is 11.6 Å². The van der Waals surface area contributed by atoms with Gasteiger partial charge in [0.1, 0.15) is 9.09 Å². The first-order valence-corrected chi connectivity index (χ1v) is 8.45. The normalized spacial score (nSPS) is 12.0. The summed E-state index contributed by atoms with van der Waals surface area (Å²) in [4.78, 5) is 10.8. The quantitative estimate of drug-likeness (QED) is 0.898. The Hall–Kier alpha value is -1.35. The second-order valence-electron chi connectivity index (χ2n) is 4.45. The van der Waals surface area contributed by atoms with Crippen molar-refractivity contribution in [3.8, 4) is 0 Å². The van der Waals surface area contributed by atoms with Crippen molar-refractivity contribution >= 4 is 38.9 Å². The number of aryl methyl sites for hydroxylation is 1. The maximum Gasteiger partial charge on any atom is 0.345 e. The van der Waals surface area contributed by atoms with Gasteiger partial charge >= 0.3 is 5.97 Å². The van der Waals surface area contributed by atoms with Gasteiger partial charge in [0.15, 0.2) is 0 Å². The van der Waals surface area contributed by atoms with Gasteiger partial charge in [-0.3, -0.25) is 0 Å². The molecule has 6 nitrogen and oxygen atoms in total. The van der Waals surface area contributed by atoms with Gasteiger partial charge in [0.25, 0.3) is 10.0 Å². The van der Waals surface area contributed by atoms with Crippen LogP contribution in [-0.4, -0.2) is 35.4 Å². The summed E-state index contributed by atoms with van der Waals surface area (Å²) < 4.78 is 27.7. The van der Waals surface area contributed by atoms with Gasteiger partial charge in [-0.05, 0) is 18.2 Å². The third-order valence-corrected chi connectivity index (χ3v) is 6.47. The van der Waals surface area contributed by atoms with Gasteiger partial charge in [0, 0.05) is 26.0 Å². The summed E-state index contributed by atoms with van der Waals surface area (Å²) in [7, 11) is -0.511. The van der Waals surface area contributed by atoms with Gasteiger partial charge in [0.05, 0.1) is 11.6 Å². The topological polar surface area (TPSA) is 79.6 Å². The molecule has 0 atom stereocenters. The average Bonchev–Trinajstić information content (AvgIpc) is 2.97. The molecule has 2 aromatic rings. The van der Waals surface area contributed by atoms with Crippen molar-refractivity contribution in [2.45, 2.75) is 10.8 Å². The van der Waals surface area contributed by atoms with Gasteiger partial charge in [-0.15, -0.1) is 11.3 Å². The van der Waals surface area contributed by atoms with E-state index in [2.05, 4.69) is 0 Å². The molecule has 0 radical (unpaired) electrons. The van der Waals surface area contributed by atoms with Crippen LogP contribution in [-0.2, 0) is 23.6 Å². The molecule has 9 heteroatoms. The maximum absolute atomic E-state index is 12.4. The summed E-state index contributed by atoms with van der Waals surface area (Å²) in [5.74, 6) is -1.14. The van der Waals surface area contributed by atoms with E-state index < -0.39 is 16.0 Å². The highest BCUT2D eigenvalue weighted by Crippen LogP contribution is 2.25. The molecule has 0 saturated carbocycles. The van der Waals surface area contributed by atoms with Crippen molar-refractivity contribution in [2.24, 2.45) is 7.05 Å². The molecule has 0 spiro atoms. The number of hydrogen-bond donors (Lipinski definition) is 1. The lowest BCUT2D eigenvalue weighted by atomic mass is 10.4. The number of carboxylic acids is 1. The van der Waals surface area contributed by atoms with Crippen molar-refractivity contribution in [3.05, 3.63) is 40.0 Å². The Morgan fingerprint density at radius 3 is 2.62 bits per heavy atom. The molecule has 0 aliphatic rings. The molecule has 0 amide bonds. The second kappa shape index (κ2) is 5.80. The fourth-order valence-electron chi connectivity index (χ4n) is 1.76. The molecule has 1 N–H and O–H groups in total. The molecule has 2 heterocycles. The number of carbonyl (C=O) groups is 1. The van der Waals surface area contributed by atoms with Crippen molar-refractivity contribution in [2.75, 3.05) is 7.05 Å². The molecule has 0 aliphatic carbocycles. The fourth-order valence-corrected chi connectivity index (χ4v) is 4.53. The third-order valence-electron chi connectivity index (χ3n) is 2.92. The van der Waals surface area contributed by atoms with Gasteiger partial charge in [0.2, 0.25) is 0 Å². The summed E-state index contributed by atoms with van der Waals surface area (Å²) >= 11 is 6.60. The van der Waals surface area contributed by atoms with E-state index in [1.165, 1.54) is 19.2 Å².